The molecule has 0 saturated heterocycles. The van der Waals surface area contributed by atoms with Gasteiger partial charge in [0.1, 0.15) is 12.4 Å². The van der Waals surface area contributed by atoms with Gasteiger partial charge < -0.3 is 10.5 Å². The molecule has 5 nitrogen and oxygen atoms in total. The molecule has 0 aliphatic rings. The number of methoxy groups -OCH3 is 1. The quantitative estimate of drug-likeness (QED) is 0.751. The first-order valence-corrected chi connectivity index (χ1v) is 4.12. The zero-order valence-electron chi connectivity index (χ0n) is 8.23. The van der Waals surface area contributed by atoms with Crippen molar-refractivity contribution < 1.29 is 9.53 Å². The molecule has 0 saturated carbocycles. The summed E-state index contributed by atoms with van der Waals surface area (Å²) in [7, 11) is 3.11. The number of nitrogen functional groups attached to an aromatic ring is 1. The SMILES string of the molecule is COCC(=O)N(C)c1ccc(N)cn1. The number of carbonyl (C=O) groups excluding carboxylic acids is 1. The predicted molar refractivity (Wildman–Crippen MR) is 53.9 cm³/mol. The zero-order valence-corrected chi connectivity index (χ0v) is 8.23. The van der Waals surface area contributed by atoms with Crippen molar-refractivity contribution in [3.63, 3.8) is 0 Å². The van der Waals surface area contributed by atoms with E-state index < -0.39 is 0 Å². The Kier molecular flexibility index (Phi) is 3.41. The first kappa shape index (κ1) is 10.5. The molecule has 0 unspecified atom stereocenters. The van der Waals surface area contributed by atoms with Crippen molar-refractivity contribution in [3.8, 4) is 0 Å². The molecule has 1 aromatic heterocycles. The fraction of sp³-hybridized carbons (Fsp3) is 0.333. The van der Waals surface area contributed by atoms with Gasteiger partial charge in [0.2, 0.25) is 0 Å². The van der Waals surface area contributed by atoms with Gasteiger partial charge in [0.15, 0.2) is 0 Å². The topological polar surface area (TPSA) is 68.5 Å². The Balaban J connectivity index is 2.73. The Morgan fingerprint density at radius 2 is 2.36 bits per heavy atom. The fourth-order valence-electron chi connectivity index (χ4n) is 0.944. The van der Waals surface area contributed by atoms with Gasteiger partial charge in [-0.25, -0.2) is 4.98 Å². The number of aromatic nitrogens is 1. The van der Waals surface area contributed by atoms with Gasteiger partial charge in [0.25, 0.3) is 5.91 Å². The molecule has 76 valence electrons. The second-order valence-corrected chi connectivity index (χ2v) is 2.84. The average Bonchev–Trinajstić information content (AvgIpc) is 2.18. The monoisotopic (exact) mass is 195 g/mol. The Labute approximate surface area is 82.5 Å². The third kappa shape index (κ3) is 2.43. The number of nitrogens with zero attached hydrogens (tertiary/aromatic N) is 2. The molecule has 5 heteroatoms. The zero-order chi connectivity index (χ0) is 10.6. The van der Waals surface area contributed by atoms with E-state index in [1.807, 2.05) is 0 Å². The number of ether oxygens (including phenoxy) is 1. The Morgan fingerprint density at radius 3 is 2.86 bits per heavy atom. The first-order chi connectivity index (χ1) is 6.65. The van der Waals surface area contributed by atoms with E-state index in [-0.39, 0.29) is 12.5 Å². The van der Waals surface area contributed by atoms with Crippen LogP contribution >= 0.6 is 0 Å². The molecule has 0 radical (unpaired) electrons. The number of nitrogens with two attached hydrogens (primary N) is 1. The van der Waals surface area contributed by atoms with E-state index in [1.54, 1.807) is 19.2 Å². The normalized spacial score (nSPS) is 9.86. The minimum absolute atomic E-state index is 0.0442. The second-order valence-electron chi connectivity index (χ2n) is 2.84. The smallest absolute Gasteiger partial charge is 0.253 e. The second kappa shape index (κ2) is 4.57. The van der Waals surface area contributed by atoms with Gasteiger partial charge in [0.05, 0.1) is 11.9 Å². The van der Waals surface area contributed by atoms with Crippen molar-refractivity contribution in [3.05, 3.63) is 18.3 Å². The maximum atomic E-state index is 11.4. The van der Waals surface area contributed by atoms with Crippen LogP contribution in [0.25, 0.3) is 0 Å². The minimum atomic E-state index is -0.148. The summed E-state index contributed by atoms with van der Waals surface area (Å²) in [5, 5.41) is 0. The molecule has 1 amide bonds. The number of rotatable bonds is 3. The molecule has 0 aliphatic carbocycles. The summed E-state index contributed by atoms with van der Waals surface area (Å²) in [5.41, 5.74) is 6.04. The van der Waals surface area contributed by atoms with E-state index >= 15 is 0 Å². The molecule has 2 N–H and O–H groups in total. The Bertz CT molecular complexity index is 310. The van der Waals surface area contributed by atoms with Crippen molar-refractivity contribution in [1.29, 1.82) is 0 Å². The van der Waals surface area contributed by atoms with E-state index in [2.05, 4.69) is 4.98 Å². The molecule has 0 aromatic carbocycles. The first-order valence-electron chi connectivity index (χ1n) is 4.12. The summed E-state index contributed by atoms with van der Waals surface area (Å²) in [6, 6.07) is 3.38. The maximum Gasteiger partial charge on any atom is 0.253 e. The van der Waals surface area contributed by atoms with E-state index in [0.29, 0.717) is 11.5 Å². The lowest BCUT2D eigenvalue weighted by molar-refractivity contribution is -0.121. The highest BCUT2D eigenvalue weighted by atomic mass is 16.5. The number of anilines is 2. The number of hydrogen-bond donors (Lipinski definition) is 1. The summed E-state index contributed by atoms with van der Waals surface area (Å²) in [5.74, 6) is 0.408. The lowest BCUT2D eigenvalue weighted by Crippen LogP contribution is -2.30. The van der Waals surface area contributed by atoms with Gasteiger partial charge in [-0.2, -0.15) is 0 Å². The molecule has 1 heterocycles. The van der Waals surface area contributed by atoms with Crippen molar-refractivity contribution in [2.75, 3.05) is 31.4 Å². The summed E-state index contributed by atoms with van der Waals surface area (Å²) in [4.78, 5) is 16.8. The fourth-order valence-corrected chi connectivity index (χ4v) is 0.944. The molecular weight excluding hydrogens is 182 g/mol. The lowest BCUT2D eigenvalue weighted by atomic mass is 10.4. The third-order valence-electron chi connectivity index (χ3n) is 1.76. The van der Waals surface area contributed by atoms with Gasteiger partial charge in [0, 0.05) is 14.2 Å². The van der Waals surface area contributed by atoms with Crippen molar-refractivity contribution >= 4 is 17.4 Å². The highest BCUT2D eigenvalue weighted by Crippen LogP contribution is 2.10. The number of hydrogen-bond acceptors (Lipinski definition) is 4. The van der Waals surface area contributed by atoms with Crippen LogP contribution in [0.3, 0.4) is 0 Å². The highest BCUT2D eigenvalue weighted by Gasteiger charge is 2.10. The average molecular weight is 195 g/mol. The van der Waals surface area contributed by atoms with Gasteiger partial charge in [-0.05, 0) is 12.1 Å². The van der Waals surface area contributed by atoms with Gasteiger partial charge in [-0.15, -0.1) is 0 Å². The summed E-state index contributed by atoms with van der Waals surface area (Å²) in [6.45, 7) is 0.0442. The van der Waals surface area contributed by atoms with Crippen molar-refractivity contribution in [1.82, 2.24) is 4.98 Å². The summed E-state index contributed by atoms with van der Waals surface area (Å²) >= 11 is 0. The van der Waals surface area contributed by atoms with E-state index in [9.17, 15) is 4.79 Å². The van der Waals surface area contributed by atoms with E-state index in [4.69, 9.17) is 10.5 Å². The largest absolute Gasteiger partial charge is 0.397 e. The standard InChI is InChI=1S/C9H13N3O2/c1-12(9(13)6-14-2)8-4-3-7(10)5-11-8/h3-5H,6,10H2,1-2H3. The molecule has 0 fully saturated rings. The minimum Gasteiger partial charge on any atom is -0.397 e. The Morgan fingerprint density at radius 1 is 1.64 bits per heavy atom. The van der Waals surface area contributed by atoms with Gasteiger partial charge in [-0.1, -0.05) is 0 Å². The highest BCUT2D eigenvalue weighted by molar-refractivity contribution is 5.92. The summed E-state index contributed by atoms with van der Waals surface area (Å²) in [6.07, 6.45) is 1.51. The molecule has 14 heavy (non-hydrogen) atoms. The molecule has 0 atom stereocenters. The third-order valence-corrected chi connectivity index (χ3v) is 1.76. The molecule has 0 bridgehead atoms. The van der Waals surface area contributed by atoms with Crippen LogP contribution in [-0.2, 0) is 9.53 Å². The number of amides is 1. The Hall–Kier alpha value is -1.62. The van der Waals surface area contributed by atoms with Gasteiger partial charge in [-0.3, -0.25) is 9.69 Å². The van der Waals surface area contributed by atoms with Crippen LogP contribution in [-0.4, -0.2) is 31.7 Å². The molecule has 0 spiro atoms. The molecular formula is C9H13N3O2. The predicted octanol–water partition coefficient (Wildman–Crippen LogP) is 0.273. The van der Waals surface area contributed by atoms with Crippen LogP contribution in [0.5, 0.6) is 0 Å². The van der Waals surface area contributed by atoms with Crippen LogP contribution in [0, 0.1) is 0 Å². The van der Waals surface area contributed by atoms with Crippen LogP contribution < -0.4 is 10.6 Å². The van der Waals surface area contributed by atoms with Crippen LogP contribution in [0.4, 0.5) is 11.5 Å². The molecule has 0 aliphatic heterocycles. The summed E-state index contributed by atoms with van der Waals surface area (Å²) < 4.78 is 4.73. The van der Waals surface area contributed by atoms with Crippen LogP contribution in [0.15, 0.2) is 18.3 Å². The molecule has 1 aromatic rings. The van der Waals surface area contributed by atoms with Gasteiger partial charge >= 0.3 is 0 Å². The van der Waals surface area contributed by atoms with E-state index in [0.717, 1.165) is 0 Å². The lowest BCUT2D eigenvalue weighted by Gasteiger charge is -2.15. The van der Waals surface area contributed by atoms with Crippen LogP contribution in [0.2, 0.25) is 0 Å². The van der Waals surface area contributed by atoms with E-state index in [1.165, 1.54) is 18.2 Å². The van der Waals surface area contributed by atoms with Crippen LogP contribution in [0.1, 0.15) is 0 Å². The van der Waals surface area contributed by atoms with Crippen molar-refractivity contribution in [2.45, 2.75) is 0 Å². The molecule has 1 rings (SSSR count). The maximum absolute atomic E-state index is 11.4. The number of pyridine rings is 1. The number of likely N-dealkylation sites (N-methyl/N-ethyl adjacent to an activating group) is 1. The number of carbonyl (C=O) groups is 1. The van der Waals surface area contributed by atoms with Crippen molar-refractivity contribution in [2.24, 2.45) is 0 Å².